The average Bonchev–Trinajstić information content (AvgIpc) is 2.14. The lowest BCUT2D eigenvalue weighted by molar-refractivity contribution is -0.129. The second-order valence-electron chi connectivity index (χ2n) is 2.55. The smallest absolute Gasteiger partial charge is 0.289 e. The van der Waals surface area contributed by atoms with Crippen LogP contribution in [0.2, 0.25) is 0 Å². The summed E-state index contributed by atoms with van der Waals surface area (Å²) in [5.41, 5.74) is 0. The molecule has 0 unspecified atom stereocenters. The minimum absolute atomic E-state index is 0.320. The maximum atomic E-state index is 11.2. The molecule has 0 aromatic rings. The number of hydrogen-bond acceptors (Lipinski definition) is 8. The molecule has 0 atom stereocenters. The predicted octanol–water partition coefficient (Wildman–Crippen LogP) is -1.06. The number of ether oxygens (including phenoxy) is 2. The van der Waals surface area contributed by atoms with Gasteiger partial charge in [-0.1, -0.05) is 0 Å². The van der Waals surface area contributed by atoms with E-state index < -0.39 is 38.4 Å². The highest BCUT2D eigenvalue weighted by Gasteiger charge is 2.36. The summed E-state index contributed by atoms with van der Waals surface area (Å²) in [6.07, 6.45) is 0. The summed E-state index contributed by atoms with van der Waals surface area (Å²) >= 11 is 0. The third-order valence-corrected chi connectivity index (χ3v) is 5.46. The van der Waals surface area contributed by atoms with Gasteiger partial charge in [0.05, 0.1) is 0 Å². The molecule has 90 valence electrons. The molecule has 15 heavy (non-hydrogen) atoms. The molecule has 0 bridgehead atoms. The topological polar surface area (TPSA) is 105 Å². The van der Waals surface area contributed by atoms with Gasteiger partial charge >= 0.3 is 0 Å². The second-order valence-corrected chi connectivity index (χ2v) is 6.71. The van der Waals surface area contributed by atoms with E-state index in [1.807, 2.05) is 0 Å². The summed E-state index contributed by atoms with van der Waals surface area (Å²) < 4.78 is 60.8. The SMILES string of the molecule is CC1S(=O)(=O)OCOCOCOS1(=O)=O. The summed E-state index contributed by atoms with van der Waals surface area (Å²) in [4.78, 5) is 0. The molecule has 1 fully saturated rings. The predicted molar refractivity (Wildman–Crippen MR) is 46.2 cm³/mol. The van der Waals surface area contributed by atoms with Crippen LogP contribution >= 0.6 is 0 Å². The Hall–Kier alpha value is -0.260. The Morgan fingerprint density at radius 1 is 0.867 bits per heavy atom. The summed E-state index contributed by atoms with van der Waals surface area (Å²) in [6.45, 7) is -0.573. The first-order valence-corrected chi connectivity index (χ1v) is 6.72. The van der Waals surface area contributed by atoms with Gasteiger partial charge < -0.3 is 9.47 Å². The molecule has 0 amide bonds. The Labute approximate surface area is 87.3 Å². The van der Waals surface area contributed by atoms with E-state index in [1.165, 1.54) is 0 Å². The molecule has 0 aliphatic carbocycles. The van der Waals surface area contributed by atoms with Crippen molar-refractivity contribution in [2.24, 2.45) is 0 Å². The van der Waals surface area contributed by atoms with Gasteiger partial charge in [-0.05, 0) is 6.92 Å². The first-order chi connectivity index (χ1) is 6.86. The van der Waals surface area contributed by atoms with Gasteiger partial charge in [-0.25, -0.2) is 8.37 Å². The zero-order valence-corrected chi connectivity index (χ0v) is 9.41. The minimum atomic E-state index is -4.26. The van der Waals surface area contributed by atoms with Crippen molar-refractivity contribution in [3.05, 3.63) is 0 Å². The molecule has 0 aromatic carbocycles. The van der Waals surface area contributed by atoms with Gasteiger partial charge in [0, 0.05) is 0 Å². The lowest BCUT2D eigenvalue weighted by Gasteiger charge is -2.15. The zero-order valence-electron chi connectivity index (χ0n) is 7.78. The van der Waals surface area contributed by atoms with Crippen LogP contribution < -0.4 is 0 Å². The molecule has 10 heteroatoms. The Morgan fingerprint density at radius 2 is 1.27 bits per heavy atom. The van der Waals surface area contributed by atoms with Gasteiger partial charge in [0.25, 0.3) is 20.2 Å². The van der Waals surface area contributed by atoms with Crippen molar-refractivity contribution in [3.63, 3.8) is 0 Å². The fraction of sp³-hybridized carbons (Fsp3) is 1.00. The van der Waals surface area contributed by atoms with Gasteiger partial charge in [0.2, 0.25) is 4.58 Å². The van der Waals surface area contributed by atoms with Crippen LogP contribution in [-0.4, -0.2) is 41.8 Å². The maximum absolute atomic E-state index is 11.2. The molecule has 0 saturated carbocycles. The zero-order chi connectivity index (χ0) is 11.5. The van der Waals surface area contributed by atoms with E-state index >= 15 is 0 Å². The Kier molecular flexibility index (Phi) is 4.03. The van der Waals surface area contributed by atoms with Gasteiger partial charge in [-0.15, -0.1) is 0 Å². The summed E-state index contributed by atoms with van der Waals surface area (Å²) in [7, 11) is -8.52. The van der Waals surface area contributed by atoms with E-state index in [4.69, 9.17) is 0 Å². The molecule has 1 aliphatic heterocycles. The largest absolute Gasteiger partial charge is 0.328 e. The second kappa shape index (κ2) is 4.72. The number of rotatable bonds is 0. The highest BCUT2D eigenvalue weighted by molar-refractivity contribution is 8.04. The van der Waals surface area contributed by atoms with Crippen molar-refractivity contribution in [2.45, 2.75) is 11.5 Å². The standard InChI is InChI=1S/C5H10O8S2/c1-5-14(6,7)12-3-10-2-11-4-13-15(5,8)9/h5H,2-4H2,1H3. The van der Waals surface area contributed by atoms with Crippen LogP contribution in [-0.2, 0) is 38.1 Å². The average molecular weight is 262 g/mol. The highest BCUT2D eigenvalue weighted by Crippen LogP contribution is 2.14. The Bertz CT molecular complexity index is 357. The van der Waals surface area contributed by atoms with Gasteiger partial charge in [-0.3, -0.25) is 0 Å². The molecule has 0 N–H and O–H groups in total. The fourth-order valence-corrected chi connectivity index (χ4v) is 2.94. The van der Waals surface area contributed by atoms with Crippen LogP contribution in [0.25, 0.3) is 0 Å². The van der Waals surface area contributed by atoms with Crippen molar-refractivity contribution in [1.82, 2.24) is 0 Å². The first-order valence-electron chi connectivity index (χ1n) is 3.78. The van der Waals surface area contributed by atoms with Crippen LogP contribution in [0.5, 0.6) is 0 Å². The van der Waals surface area contributed by atoms with E-state index in [2.05, 4.69) is 17.8 Å². The van der Waals surface area contributed by atoms with Crippen molar-refractivity contribution < 1.29 is 34.7 Å². The van der Waals surface area contributed by atoms with Crippen LogP contribution in [0.4, 0.5) is 0 Å². The van der Waals surface area contributed by atoms with E-state index in [0.717, 1.165) is 6.92 Å². The molecular weight excluding hydrogens is 252 g/mol. The summed E-state index contributed by atoms with van der Waals surface area (Å²) in [6, 6.07) is 0. The molecule has 0 radical (unpaired) electrons. The van der Waals surface area contributed by atoms with E-state index in [-0.39, 0.29) is 6.79 Å². The summed E-state index contributed by atoms with van der Waals surface area (Å²) in [5, 5.41) is 0. The monoisotopic (exact) mass is 262 g/mol. The third kappa shape index (κ3) is 3.36. The van der Waals surface area contributed by atoms with Crippen LogP contribution in [0.3, 0.4) is 0 Å². The lowest BCUT2D eigenvalue weighted by Crippen LogP contribution is -2.32. The normalized spacial score (nSPS) is 28.3. The van der Waals surface area contributed by atoms with Crippen molar-refractivity contribution >= 4 is 20.2 Å². The lowest BCUT2D eigenvalue weighted by atomic mass is 11.0. The van der Waals surface area contributed by atoms with Crippen molar-refractivity contribution in [1.29, 1.82) is 0 Å². The van der Waals surface area contributed by atoms with E-state index in [9.17, 15) is 16.8 Å². The highest BCUT2D eigenvalue weighted by atomic mass is 32.3. The molecule has 1 heterocycles. The quantitative estimate of drug-likeness (QED) is 0.509. The molecule has 1 aliphatic rings. The van der Waals surface area contributed by atoms with Crippen molar-refractivity contribution in [3.8, 4) is 0 Å². The van der Waals surface area contributed by atoms with Gasteiger partial charge in [-0.2, -0.15) is 16.8 Å². The van der Waals surface area contributed by atoms with Crippen LogP contribution in [0.1, 0.15) is 6.92 Å². The molecule has 1 saturated heterocycles. The molecular formula is C5H10O8S2. The van der Waals surface area contributed by atoms with Gasteiger partial charge in [0.15, 0.2) is 20.4 Å². The molecule has 0 spiro atoms. The van der Waals surface area contributed by atoms with Crippen LogP contribution in [0, 0.1) is 0 Å². The number of hydrogen-bond donors (Lipinski definition) is 0. The first kappa shape index (κ1) is 12.8. The summed E-state index contributed by atoms with van der Waals surface area (Å²) in [5.74, 6) is 0. The molecule has 0 aromatic heterocycles. The fourth-order valence-electron chi connectivity index (χ4n) is 0.665. The molecule has 8 nitrogen and oxygen atoms in total. The van der Waals surface area contributed by atoms with E-state index in [0.29, 0.717) is 0 Å². The van der Waals surface area contributed by atoms with E-state index in [1.54, 1.807) is 0 Å². The third-order valence-electron chi connectivity index (χ3n) is 1.57. The Balaban J connectivity index is 2.92. The van der Waals surface area contributed by atoms with Crippen LogP contribution in [0.15, 0.2) is 0 Å². The Morgan fingerprint density at radius 3 is 1.67 bits per heavy atom. The maximum Gasteiger partial charge on any atom is 0.289 e. The van der Waals surface area contributed by atoms with Gasteiger partial charge in [0.1, 0.15) is 0 Å². The minimum Gasteiger partial charge on any atom is -0.328 e. The molecule has 1 rings (SSSR count). The van der Waals surface area contributed by atoms with Crippen molar-refractivity contribution in [2.75, 3.05) is 20.4 Å².